The van der Waals surface area contributed by atoms with Crippen molar-refractivity contribution < 1.29 is 9.59 Å². The highest BCUT2D eigenvalue weighted by molar-refractivity contribution is 6.07. The van der Waals surface area contributed by atoms with Crippen LogP contribution in [0.4, 0.5) is 0 Å². The lowest BCUT2D eigenvalue weighted by atomic mass is 9.55. The predicted molar refractivity (Wildman–Crippen MR) is 81.4 cm³/mol. The number of hydrogen-bond donors (Lipinski definition) is 1. The smallest absolute Gasteiger partial charge is 0.231 e. The standard InChI is InChI=1S/C19H15NO2/c1-9-6-7-12-13(8-9)15-11-5-3-2-4-10(11)14(12)16-17(15)19(22)20-18(16)21/h2-8,14-17H,1H3,(H,20,21,22)/t14-,15+,16+,17-/m1/s1. The maximum atomic E-state index is 12.4. The molecule has 3 nitrogen and oxygen atoms in total. The predicted octanol–water partition coefficient (Wildman–Crippen LogP) is 2.47. The van der Waals surface area contributed by atoms with E-state index in [1.54, 1.807) is 0 Å². The minimum atomic E-state index is -0.248. The molecule has 22 heavy (non-hydrogen) atoms. The van der Waals surface area contributed by atoms with Crippen LogP contribution in [0.15, 0.2) is 42.5 Å². The van der Waals surface area contributed by atoms with Crippen molar-refractivity contribution in [2.75, 3.05) is 0 Å². The number of amides is 2. The van der Waals surface area contributed by atoms with Crippen LogP contribution in [0.2, 0.25) is 0 Å². The summed E-state index contributed by atoms with van der Waals surface area (Å²) < 4.78 is 0. The van der Waals surface area contributed by atoms with Crippen LogP contribution in [0.3, 0.4) is 0 Å². The largest absolute Gasteiger partial charge is 0.296 e. The zero-order valence-electron chi connectivity index (χ0n) is 12.2. The third-order valence-corrected chi connectivity index (χ3v) is 5.54. The highest BCUT2D eigenvalue weighted by Gasteiger charge is 2.58. The molecule has 0 radical (unpaired) electrons. The second-order valence-electron chi connectivity index (χ2n) is 6.62. The average molecular weight is 289 g/mol. The first-order chi connectivity index (χ1) is 10.7. The second-order valence-corrected chi connectivity index (χ2v) is 6.62. The zero-order valence-corrected chi connectivity index (χ0v) is 12.2. The molecular formula is C19H15NO2. The Labute approximate surface area is 128 Å². The first-order valence-electron chi connectivity index (χ1n) is 7.71. The molecule has 0 spiro atoms. The summed E-state index contributed by atoms with van der Waals surface area (Å²) in [6.45, 7) is 2.08. The van der Waals surface area contributed by atoms with Gasteiger partial charge in [-0.05, 0) is 29.2 Å². The molecule has 4 atom stereocenters. The summed E-state index contributed by atoms with van der Waals surface area (Å²) in [5.74, 6) is -0.692. The number of hydrogen-bond acceptors (Lipinski definition) is 2. The third kappa shape index (κ3) is 1.27. The summed E-state index contributed by atoms with van der Waals surface area (Å²) in [6, 6.07) is 14.7. The molecule has 3 aliphatic carbocycles. The normalized spacial score (nSPS) is 30.6. The summed E-state index contributed by atoms with van der Waals surface area (Å²) >= 11 is 0. The first-order valence-corrected chi connectivity index (χ1v) is 7.71. The molecule has 3 heteroatoms. The quantitative estimate of drug-likeness (QED) is 0.757. The number of aryl methyl sites for hydroxylation is 1. The van der Waals surface area contributed by atoms with Gasteiger partial charge in [-0.3, -0.25) is 14.9 Å². The third-order valence-electron chi connectivity index (χ3n) is 5.54. The van der Waals surface area contributed by atoms with E-state index in [1.165, 1.54) is 27.8 Å². The fourth-order valence-corrected chi connectivity index (χ4v) is 4.76. The van der Waals surface area contributed by atoms with Crippen molar-refractivity contribution in [1.29, 1.82) is 0 Å². The van der Waals surface area contributed by atoms with E-state index in [-0.39, 0.29) is 35.5 Å². The molecule has 1 aliphatic heterocycles. The molecule has 0 aromatic heterocycles. The highest BCUT2D eigenvalue weighted by Crippen LogP contribution is 2.59. The minimum Gasteiger partial charge on any atom is -0.296 e. The second kappa shape index (κ2) is 3.86. The SMILES string of the molecule is Cc1ccc2c(c1)[C@@H]1c3ccccc3[C@H]2[C@@H]2C(=O)NC(=O)[C@H]12. The van der Waals surface area contributed by atoms with Crippen LogP contribution in [-0.4, -0.2) is 11.8 Å². The zero-order chi connectivity index (χ0) is 15.0. The number of carbonyl (C=O) groups is 2. The van der Waals surface area contributed by atoms with E-state index in [0.717, 1.165) is 0 Å². The Morgan fingerprint density at radius 2 is 1.32 bits per heavy atom. The molecule has 1 fully saturated rings. The molecule has 2 aromatic rings. The Bertz CT molecular complexity index is 854. The Balaban J connectivity index is 1.87. The summed E-state index contributed by atoms with van der Waals surface area (Å²) in [5.41, 5.74) is 6.09. The van der Waals surface area contributed by atoms with Crippen molar-refractivity contribution in [2.24, 2.45) is 11.8 Å². The van der Waals surface area contributed by atoms with Crippen molar-refractivity contribution in [1.82, 2.24) is 5.32 Å². The molecule has 4 aliphatic rings. The molecule has 0 unspecified atom stereocenters. The maximum Gasteiger partial charge on any atom is 0.231 e. The van der Waals surface area contributed by atoms with Crippen LogP contribution in [0.1, 0.15) is 39.7 Å². The van der Waals surface area contributed by atoms with Crippen LogP contribution >= 0.6 is 0 Å². The van der Waals surface area contributed by atoms with Gasteiger partial charge in [0.2, 0.25) is 11.8 Å². The van der Waals surface area contributed by atoms with Gasteiger partial charge in [0.25, 0.3) is 0 Å². The maximum absolute atomic E-state index is 12.4. The molecule has 1 N–H and O–H groups in total. The topological polar surface area (TPSA) is 46.2 Å². The van der Waals surface area contributed by atoms with Crippen molar-refractivity contribution in [2.45, 2.75) is 18.8 Å². The summed E-state index contributed by atoms with van der Waals surface area (Å²) in [5, 5.41) is 2.57. The van der Waals surface area contributed by atoms with Gasteiger partial charge in [-0.1, -0.05) is 48.0 Å². The van der Waals surface area contributed by atoms with Gasteiger partial charge in [0.1, 0.15) is 0 Å². The Morgan fingerprint density at radius 3 is 1.95 bits per heavy atom. The van der Waals surface area contributed by atoms with Crippen molar-refractivity contribution in [3.8, 4) is 0 Å². The summed E-state index contributed by atoms with van der Waals surface area (Å²) in [4.78, 5) is 24.7. The fraction of sp³-hybridized carbons (Fsp3) is 0.263. The average Bonchev–Trinajstić information content (AvgIpc) is 2.82. The summed E-state index contributed by atoms with van der Waals surface area (Å²) in [7, 11) is 0. The lowest BCUT2D eigenvalue weighted by molar-refractivity contribution is -0.126. The first kappa shape index (κ1) is 12.2. The van der Waals surface area contributed by atoms with Gasteiger partial charge in [-0.25, -0.2) is 0 Å². The minimum absolute atomic E-state index is 0.00699. The van der Waals surface area contributed by atoms with Gasteiger partial charge >= 0.3 is 0 Å². The van der Waals surface area contributed by atoms with Crippen LogP contribution in [0, 0.1) is 18.8 Å². The molecule has 108 valence electrons. The van der Waals surface area contributed by atoms with Crippen LogP contribution in [-0.2, 0) is 9.59 Å². The Morgan fingerprint density at radius 1 is 0.773 bits per heavy atom. The van der Waals surface area contributed by atoms with Gasteiger partial charge in [0.05, 0.1) is 11.8 Å². The number of carbonyl (C=O) groups excluding carboxylic acids is 2. The van der Waals surface area contributed by atoms with Crippen molar-refractivity contribution in [3.63, 3.8) is 0 Å². The molecule has 6 rings (SSSR count). The molecule has 0 saturated carbocycles. The molecule has 2 bridgehead atoms. The lowest BCUT2D eigenvalue weighted by Crippen LogP contribution is -2.41. The fourth-order valence-electron chi connectivity index (χ4n) is 4.76. The van der Waals surface area contributed by atoms with E-state index in [4.69, 9.17) is 0 Å². The van der Waals surface area contributed by atoms with E-state index >= 15 is 0 Å². The number of nitrogens with one attached hydrogen (secondary N) is 1. The van der Waals surface area contributed by atoms with Crippen LogP contribution in [0.25, 0.3) is 0 Å². The van der Waals surface area contributed by atoms with Crippen molar-refractivity contribution >= 4 is 11.8 Å². The van der Waals surface area contributed by atoms with Gasteiger partial charge < -0.3 is 0 Å². The molecule has 2 amide bonds. The molecular weight excluding hydrogens is 274 g/mol. The molecule has 2 aromatic carbocycles. The summed E-state index contributed by atoms with van der Waals surface area (Å²) in [6.07, 6.45) is 0. The van der Waals surface area contributed by atoms with Crippen LogP contribution in [0.5, 0.6) is 0 Å². The van der Waals surface area contributed by atoms with E-state index < -0.39 is 0 Å². The molecule has 1 heterocycles. The van der Waals surface area contributed by atoms with Crippen LogP contribution < -0.4 is 5.32 Å². The van der Waals surface area contributed by atoms with E-state index in [1.807, 2.05) is 12.1 Å². The van der Waals surface area contributed by atoms with E-state index in [0.29, 0.717) is 0 Å². The lowest BCUT2D eigenvalue weighted by Gasteiger charge is -2.46. The van der Waals surface area contributed by atoms with Gasteiger partial charge in [0.15, 0.2) is 0 Å². The van der Waals surface area contributed by atoms with E-state index in [9.17, 15) is 9.59 Å². The van der Waals surface area contributed by atoms with E-state index in [2.05, 4.69) is 42.6 Å². The Kier molecular flexibility index (Phi) is 2.13. The Hall–Kier alpha value is -2.42. The molecule has 1 saturated heterocycles. The number of benzene rings is 2. The van der Waals surface area contributed by atoms with Crippen molar-refractivity contribution in [3.05, 3.63) is 70.3 Å². The van der Waals surface area contributed by atoms with Gasteiger partial charge in [-0.15, -0.1) is 0 Å². The van der Waals surface area contributed by atoms with Gasteiger partial charge in [-0.2, -0.15) is 0 Å². The van der Waals surface area contributed by atoms with Gasteiger partial charge in [0, 0.05) is 11.8 Å². The number of rotatable bonds is 0. The monoisotopic (exact) mass is 289 g/mol. The number of imide groups is 1. The highest BCUT2D eigenvalue weighted by atomic mass is 16.2.